The number of halogens is 4. The standard InChI is InChI=1S/C17H14Br4O/c18-13(11-7-3-1-4-8-11)15(20)17(22)16(21)14(19)12-9-5-2-6-10-12/h1-10,13-16H/t13-,14-,15-,16-/m1/s1. The number of hydrogen-bond acceptors (Lipinski definition) is 1. The van der Waals surface area contributed by atoms with Crippen molar-refractivity contribution < 1.29 is 4.79 Å². The summed E-state index contributed by atoms with van der Waals surface area (Å²) in [6.07, 6.45) is 0. The van der Waals surface area contributed by atoms with Crippen molar-refractivity contribution in [3.8, 4) is 0 Å². The highest BCUT2D eigenvalue weighted by molar-refractivity contribution is 9.13. The predicted molar refractivity (Wildman–Crippen MR) is 107 cm³/mol. The molecule has 0 aliphatic carbocycles. The first kappa shape index (κ1) is 18.4. The Morgan fingerprint density at radius 3 is 1.27 bits per heavy atom. The van der Waals surface area contributed by atoms with Crippen LogP contribution in [0.2, 0.25) is 0 Å². The molecule has 4 atom stereocenters. The van der Waals surface area contributed by atoms with E-state index in [1.165, 1.54) is 0 Å². The first-order valence-electron chi connectivity index (χ1n) is 6.72. The summed E-state index contributed by atoms with van der Waals surface area (Å²) in [7, 11) is 0. The van der Waals surface area contributed by atoms with Crippen molar-refractivity contribution in [2.75, 3.05) is 0 Å². The van der Waals surface area contributed by atoms with E-state index >= 15 is 0 Å². The van der Waals surface area contributed by atoms with Crippen molar-refractivity contribution in [2.45, 2.75) is 19.3 Å². The molecule has 0 spiro atoms. The van der Waals surface area contributed by atoms with Crippen molar-refractivity contribution in [3.63, 3.8) is 0 Å². The van der Waals surface area contributed by atoms with Gasteiger partial charge in [0.05, 0.1) is 19.3 Å². The van der Waals surface area contributed by atoms with E-state index in [0.717, 1.165) is 11.1 Å². The van der Waals surface area contributed by atoms with Crippen LogP contribution in [0.1, 0.15) is 20.8 Å². The lowest BCUT2D eigenvalue weighted by atomic mass is 10.0. The largest absolute Gasteiger partial charge is 0.297 e. The second kappa shape index (κ2) is 8.76. The van der Waals surface area contributed by atoms with Crippen LogP contribution in [0.4, 0.5) is 0 Å². The summed E-state index contributed by atoms with van der Waals surface area (Å²) in [5.41, 5.74) is 2.14. The summed E-state index contributed by atoms with van der Waals surface area (Å²) in [5, 5.41) is 0. The number of benzene rings is 2. The second-order valence-electron chi connectivity index (χ2n) is 4.83. The van der Waals surface area contributed by atoms with Gasteiger partial charge in [-0.05, 0) is 11.1 Å². The third-order valence-corrected chi connectivity index (χ3v) is 8.79. The van der Waals surface area contributed by atoms with Crippen molar-refractivity contribution in [3.05, 3.63) is 71.8 Å². The Morgan fingerprint density at radius 2 is 0.955 bits per heavy atom. The van der Waals surface area contributed by atoms with E-state index in [1.54, 1.807) is 0 Å². The van der Waals surface area contributed by atoms with Crippen LogP contribution in [-0.4, -0.2) is 15.4 Å². The summed E-state index contributed by atoms with van der Waals surface area (Å²) in [4.78, 5) is 11.9. The first-order valence-corrected chi connectivity index (χ1v) is 10.4. The van der Waals surface area contributed by atoms with Crippen LogP contribution in [0.5, 0.6) is 0 Å². The van der Waals surface area contributed by atoms with Crippen molar-refractivity contribution in [1.29, 1.82) is 0 Å². The maximum Gasteiger partial charge on any atom is 0.162 e. The molecule has 2 rings (SSSR count). The maximum absolute atomic E-state index is 12.7. The van der Waals surface area contributed by atoms with Gasteiger partial charge in [0.2, 0.25) is 0 Å². The number of Topliss-reactive ketones (excluding diaryl/α,β-unsaturated/α-hetero) is 1. The minimum absolute atomic E-state index is 0.0725. The third kappa shape index (κ3) is 4.53. The monoisotopic (exact) mass is 550 g/mol. The highest BCUT2D eigenvalue weighted by Crippen LogP contribution is 2.38. The van der Waals surface area contributed by atoms with Gasteiger partial charge in [-0.25, -0.2) is 0 Å². The smallest absolute Gasteiger partial charge is 0.162 e. The number of ketones is 1. The molecule has 0 radical (unpaired) electrons. The van der Waals surface area contributed by atoms with Crippen LogP contribution in [-0.2, 0) is 4.79 Å². The van der Waals surface area contributed by atoms with E-state index in [9.17, 15) is 4.79 Å². The van der Waals surface area contributed by atoms with Gasteiger partial charge in [0.15, 0.2) is 5.78 Å². The van der Waals surface area contributed by atoms with Gasteiger partial charge in [0, 0.05) is 0 Å². The molecule has 116 valence electrons. The highest BCUT2D eigenvalue weighted by atomic mass is 79.9. The number of rotatable bonds is 6. The normalized spacial score (nSPS) is 16.5. The average Bonchev–Trinajstić information content (AvgIpc) is 2.60. The van der Waals surface area contributed by atoms with E-state index in [-0.39, 0.29) is 25.1 Å². The van der Waals surface area contributed by atoms with Crippen LogP contribution < -0.4 is 0 Å². The molecule has 0 aliphatic heterocycles. The Labute approximate surface area is 164 Å². The summed E-state index contributed by atoms with van der Waals surface area (Å²) in [6, 6.07) is 19.8. The van der Waals surface area contributed by atoms with Crippen molar-refractivity contribution >= 4 is 69.5 Å². The van der Waals surface area contributed by atoms with Gasteiger partial charge in [0.1, 0.15) is 0 Å². The quantitative estimate of drug-likeness (QED) is 0.381. The minimum atomic E-state index is -0.317. The fourth-order valence-electron chi connectivity index (χ4n) is 2.05. The Balaban J connectivity index is 2.10. The van der Waals surface area contributed by atoms with Gasteiger partial charge in [-0.3, -0.25) is 4.79 Å². The van der Waals surface area contributed by atoms with Gasteiger partial charge in [0.25, 0.3) is 0 Å². The fraction of sp³-hybridized carbons (Fsp3) is 0.235. The molecular formula is C17H14Br4O. The number of carbonyl (C=O) groups excluding carboxylic acids is 1. The molecule has 0 heterocycles. The van der Waals surface area contributed by atoms with Gasteiger partial charge < -0.3 is 0 Å². The average molecular weight is 554 g/mol. The molecule has 0 saturated carbocycles. The van der Waals surface area contributed by atoms with E-state index in [0.29, 0.717) is 0 Å². The topological polar surface area (TPSA) is 17.1 Å². The Kier molecular flexibility index (Phi) is 7.32. The molecule has 5 heteroatoms. The van der Waals surface area contributed by atoms with E-state index in [1.807, 2.05) is 60.7 Å². The molecule has 0 aromatic heterocycles. The maximum atomic E-state index is 12.7. The molecular weight excluding hydrogens is 540 g/mol. The van der Waals surface area contributed by atoms with Crippen LogP contribution in [0, 0.1) is 0 Å². The molecule has 0 unspecified atom stereocenters. The minimum Gasteiger partial charge on any atom is -0.297 e. The molecule has 0 fully saturated rings. The van der Waals surface area contributed by atoms with Gasteiger partial charge in [-0.1, -0.05) is 124 Å². The molecule has 2 aromatic carbocycles. The first-order chi connectivity index (χ1) is 10.5. The predicted octanol–water partition coefficient (Wildman–Crippen LogP) is 6.35. The second-order valence-corrected chi connectivity index (χ2v) is 8.78. The molecule has 1 nitrogen and oxygen atoms in total. The zero-order valence-electron chi connectivity index (χ0n) is 11.5. The number of hydrogen-bond donors (Lipinski definition) is 0. The molecule has 0 bridgehead atoms. The zero-order chi connectivity index (χ0) is 16.1. The van der Waals surface area contributed by atoms with E-state index < -0.39 is 0 Å². The summed E-state index contributed by atoms with van der Waals surface area (Å²) in [5.74, 6) is 0.0939. The Hall–Kier alpha value is 0.0300. The lowest BCUT2D eigenvalue weighted by molar-refractivity contribution is -0.117. The SMILES string of the molecule is O=C([C@H](Br)[C@H](Br)c1ccccc1)[C@H](Br)[C@H](Br)c1ccccc1. The molecule has 0 saturated heterocycles. The van der Waals surface area contributed by atoms with E-state index in [4.69, 9.17) is 0 Å². The van der Waals surface area contributed by atoms with Gasteiger partial charge in [-0.2, -0.15) is 0 Å². The molecule has 0 aliphatic rings. The van der Waals surface area contributed by atoms with Crippen LogP contribution in [0.25, 0.3) is 0 Å². The van der Waals surface area contributed by atoms with Crippen LogP contribution >= 0.6 is 63.7 Å². The summed E-state index contributed by atoms with van der Waals surface area (Å²) >= 11 is 14.3. The molecule has 2 aromatic rings. The van der Waals surface area contributed by atoms with E-state index in [2.05, 4.69) is 63.7 Å². The van der Waals surface area contributed by atoms with Crippen LogP contribution in [0.3, 0.4) is 0 Å². The lowest BCUT2D eigenvalue weighted by Gasteiger charge is -2.22. The lowest BCUT2D eigenvalue weighted by Crippen LogP contribution is -2.29. The van der Waals surface area contributed by atoms with Gasteiger partial charge in [-0.15, -0.1) is 0 Å². The van der Waals surface area contributed by atoms with Crippen molar-refractivity contribution in [2.24, 2.45) is 0 Å². The zero-order valence-corrected chi connectivity index (χ0v) is 17.8. The Bertz CT molecular complexity index is 549. The Morgan fingerprint density at radius 1 is 0.636 bits per heavy atom. The molecule has 22 heavy (non-hydrogen) atoms. The fourth-order valence-corrected chi connectivity index (χ4v) is 4.72. The molecule has 0 amide bonds. The van der Waals surface area contributed by atoms with Crippen molar-refractivity contribution in [1.82, 2.24) is 0 Å². The summed E-state index contributed by atoms with van der Waals surface area (Å²) in [6.45, 7) is 0. The summed E-state index contributed by atoms with van der Waals surface area (Å²) < 4.78 is 0. The van der Waals surface area contributed by atoms with Crippen LogP contribution in [0.15, 0.2) is 60.7 Å². The third-order valence-electron chi connectivity index (χ3n) is 3.29. The molecule has 0 N–H and O–H groups in total. The number of alkyl halides is 4. The highest BCUT2D eigenvalue weighted by Gasteiger charge is 2.33. The van der Waals surface area contributed by atoms with Gasteiger partial charge >= 0.3 is 0 Å². The number of carbonyl (C=O) groups is 1.